The third-order valence-electron chi connectivity index (χ3n) is 4.17. The quantitative estimate of drug-likeness (QED) is 0.736. The molecule has 2 fully saturated rings. The zero-order chi connectivity index (χ0) is 12.3. The Morgan fingerprint density at radius 3 is 2.76 bits per heavy atom. The molecule has 0 aromatic carbocycles. The van der Waals surface area contributed by atoms with E-state index in [-0.39, 0.29) is 5.92 Å². The molecular formula is C14H23NO2. The first kappa shape index (κ1) is 12.6. The fraction of sp³-hybridized carbons (Fsp3) is 0.857. The van der Waals surface area contributed by atoms with Crippen LogP contribution >= 0.6 is 0 Å². The largest absolute Gasteiger partial charge is 0.342 e. The van der Waals surface area contributed by atoms with Gasteiger partial charge in [-0.2, -0.15) is 0 Å². The maximum Gasteiger partial charge on any atom is 0.222 e. The first-order valence-corrected chi connectivity index (χ1v) is 7.01. The normalized spacial score (nSPS) is 29.4. The second-order valence-corrected chi connectivity index (χ2v) is 5.54. The summed E-state index contributed by atoms with van der Waals surface area (Å²) in [6.45, 7) is 3.90. The highest BCUT2D eigenvalue weighted by Crippen LogP contribution is 2.27. The van der Waals surface area contributed by atoms with E-state index in [0.29, 0.717) is 17.6 Å². The monoisotopic (exact) mass is 237 g/mol. The fourth-order valence-corrected chi connectivity index (χ4v) is 3.18. The highest BCUT2D eigenvalue weighted by atomic mass is 16.2. The average molecular weight is 237 g/mol. The van der Waals surface area contributed by atoms with Gasteiger partial charge in [0.1, 0.15) is 5.78 Å². The molecule has 2 aliphatic rings. The molecule has 2 atom stereocenters. The Bertz CT molecular complexity index is 301. The van der Waals surface area contributed by atoms with E-state index in [1.165, 1.54) is 0 Å². The number of Topliss-reactive ketones (excluding diaryl/α,β-unsaturated/α-hetero) is 1. The van der Waals surface area contributed by atoms with Crippen LogP contribution in [0.5, 0.6) is 0 Å². The van der Waals surface area contributed by atoms with Gasteiger partial charge < -0.3 is 4.90 Å². The number of nitrogens with zero attached hydrogens (tertiary/aromatic N) is 1. The lowest BCUT2D eigenvalue weighted by Gasteiger charge is -2.18. The predicted octanol–water partition coefficient (Wildman–Crippen LogP) is 2.39. The summed E-state index contributed by atoms with van der Waals surface area (Å²) >= 11 is 0. The molecule has 2 rings (SSSR count). The SMILES string of the molecule is CCCC1CC(=O)N(CCC2CCCC2=O)C1. The second kappa shape index (κ2) is 5.65. The van der Waals surface area contributed by atoms with Crippen LogP contribution in [0.4, 0.5) is 0 Å². The van der Waals surface area contributed by atoms with E-state index in [2.05, 4.69) is 6.92 Å². The summed E-state index contributed by atoms with van der Waals surface area (Å²) in [5.74, 6) is 1.52. The molecule has 0 aromatic heterocycles. The molecule has 0 bridgehead atoms. The third-order valence-corrected chi connectivity index (χ3v) is 4.17. The van der Waals surface area contributed by atoms with Crippen molar-refractivity contribution < 1.29 is 9.59 Å². The van der Waals surface area contributed by atoms with Gasteiger partial charge in [-0.1, -0.05) is 13.3 Å². The molecule has 96 valence electrons. The minimum absolute atomic E-state index is 0.244. The molecule has 2 unspecified atom stereocenters. The van der Waals surface area contributed by atoms with E-state index < -0.39 is 0 Å². The molecule has 1 amide bonds. The van der Waals surface area contributed by atoms with Crippen molar-refractivity contribution in [2.75, 3.05) is 13.1 Å². The highest BCUT2D eigenvalue weighted by Gasteiger charge is 2.30. The van der Waals surface area contributed by atoms with Crippen LogP contribution in [0.2, 0.25) is 0 Å². The minimum atomic E-state index is 0.244. The van der Waals surface area contributed by atoms with Crippen molar-refractivity contribution >= 4 is 11.7 Å². The van der Waals surface area contributed by atoms with Gasteiger partial charge in [-0.05, 0) is 31.6 Å². The number of hydrogen-bond acceptors (Lipinski definition) is 2. The van der Waals surface area contributed by atoms with Gasteiger partial charge >= 0.3 is 0 Å². The Balaban J connectivity index is 1.75. The van der Waals surface area contributed by atoms with Crippen molar-refractivity contribution in [2.45, 2.75) is 51.9 Å². The molecule has 3 heteroatoms. The fourth-order valence-electron chi connectivity index (χ4n) is 3.18. The molecule has 1 saturated heterocycles. The van der Waals surface area contributed by atoms with Gasteiger partial charge in [0, 0.05) is 31.8 Å². The summed E-state index contributed by atoms with van der Waals surface area (Å²) in [5.41, 5.74) is 0. The van der Waals surface area contributed by atoms with E-state index in [4.69, 9.17) is 0 Å². The van der Waals surface area contributed by atoms with E-state index in [9.17, 15) is 9.59 Å². The summed E-state index contributed by atoms with van der Waals surface area (Å²) in [6, 6.07) is 0. The first-order valence-electron chi connectivity index (χ1n) is 7.01. The number of ketones is 1. The van der Waals surface area contributed by atoms with Crippen LogP contribution in [0, 0.1) is 11.8 Å². The molecule has 0 N–H and O–H groups in total. The summed E-state index contributed by atoms with van der Waals surface area (Å²) in [7, 11) is 0. The lowest BCUT2D eigenvalue weighted by Crippen LogP contribution is -2.28. The van der Waals surface area contributed by atoms with E-state index in [1.807, 2.05) is 4.90 Å². The zero-order valence-electron chi connectivity index (χ0n) is 10.8. The maximum absolute atomic E-state index is 11.8. The summed E-state index contributed by atoms with van der Waals surface area (Å²) < 4.78 is 0. The Labute approximate surface area is 104 Å². The second-order valence-electron chi connectivity index (χ2n) is 5.54. The summed E-state index contributed by atoms with van der Waals surface area (Å²) in [5, 5.41) is 0. The van der Waals surface area contributed by atoms with Crippen LogP contribution in [-0.4, -0.2) is 29.7 Å². The van der Waals surface area contributed by atoms with Gasteiger partial charge in [0.25, 0.3) is 0 Å². The van der Waals surface area contributed by atoms with Gasteiger partial charge in [-0.15, -0.1) is 0 Å². The minimum Gasteiger partial charge on any atom is -0.342 e. The van der Waals surface area contributed by atoms with Gasteiger partial charge in [-0.25, -0.2) is 0 Å². The number of carbonyl (C=O) groups excluding carboxylic acids is 2. The smallest absolute Gasteiger partial charge is 0.222 e. The Kier molecular flexibility index (Phi) is 4.19. The lowest BCUT2D eigenvalue weighted by atomic mass is 10.0. The first-order chi connectivity index (χ1) is 8.20. The molecule has 1 aliphatic carbocycles. The average Bonchev–Trinajstić information content (AvgIpc) is 2.83. The van der Waals surface area contributed by atoms with Gasteiger partial charge in [-0.3, -0.25) is 9.59 Å². The topological polar surface area (TPSA) is 37.4 Å². The molecule has 1 saturated carbocycles. The molecule has 0 radical (unpaired) electrons. The number of hydrogen-bond donors (Lipinski definition) is 0. The number of rotatable bonds is 5. The van der Waals surface area contributed by atoms with Crippen molar-refractivity contribution in [2.24, 2.45) is 11.8 Å². The van der Waals surface area contributed by atoms with Crippen LogP contribution in [0.25, 0.3) is 0 Å². The predicted molar refractivity (Wildman–Crippen MR) is 66.6 cm³/mol. The van der Waals surface area contributed by atoms with E-state index in [0.717, 1.165) is 58.0 Å². The summed E-state index contributed by atoms with van der Waals surface area (Å²) in [4.78, 5) is 25.3. The molecular weight excluding hydrogens is 214 g/mol. The number of carbonyl (C=O) groups is 2. The summed E-state index contributed by atoms with van der Waals surface area (Å²) in [6.07, 6.45) is 6.79. The maximum atomic E-state index is 11.8. The third kappa shape index (κ3) is 3.08. The van der Waals surface area contributed by atoms with E-state index >= 15 is 0 Å². The van der Waals surface area contributed by atoms with Crippen LogP contribution < -0.4 is 0 Å². The van der Waals surface area contributed by atoms with Crippen molar-refractivity contribution in [1.82, 2.24) is 4.90 Å². The molecule has 0 aromatic rings. The van der Waals surface area contributed by atoms with Gasteiger partial charge in [0.15, 0.2) is 0 Å². The van der Waals surface area contributed by atoms with Crippen molar-refractivity contribution in [3.63, 3.8) is 0 Å². The lowest BCUT2D eigenvalue weighted by molar-refractivity contribution is -0.128. The Morgan fingerprint density at radius 1 is 1.29 bits per heavy atom. The number of amides is 1. The Morgan fingerprint density at radius 2 is 2.12 bits per heavy atom. The molecule has 1 aliphatic heterocycles. The molecule has 3 nitrogen and oxygen atoms in total. The van der Waals surface area contributed by atoms with Crippen molar-refractivity contribution in [3.05, 3.63) is 0 Å². The van der Waals surface area contributed by atoms with Crippen molar-refractivity contribution in [3.8, 4) is 0 Å². The van der Waals surface area contributed by atoms with Crippen LogP contribution in [0.1, 0.15) is 51.9 Å². The van der Waals surface area contributed by atoms with Gasteiger partial charge in [0.2, 0.25) is 5.91 Å². The van der Waals surface area contributed by atoms with Crippen LogP contribution in [0.3, 0.4) is 0 Å². The van der Waals surface area contributed by atoms with Crippen LogP contribution in [0.15, 0.2) is 0 Å². The van der Waals surface area contributed by atoms with Crippen molar-refractivity contribution in [1.29, 1.82) is 0 Å². The highest BCUT2D eigenvalue weighted by molar-refractivity contribution is 5.83. The standard InChI is InChI=1S/C14H23NO2/c1-2-4-11-9-14(17)15(10-11)8-7-12-5-3-6-13(12)16/h11-12H,2-10H2,1H3. The van der Waals surface area contributed by atoms with Gasteiger partial charge in [0.05, 0.1) is 0 Å². The Hall–Kier alpha value is -0.860. The zero-order valence-corrected chi connectivity index (χ0v) is 10.8. The molecule has 1 heterocycles. The molecule has 17 heavy (non-hydrogen) atoms. The van der Waals surface area contributed by atoms with Crippen LogP contribution in [-0.2, 0) is 9.59 Å². The molecule has 0 spiro atoms. The van der Waals surface area contributed by atoms with E-state index in [1.54, 1.807) is 0 Å². The number of likely N-dealkylation sites (tertiary alicyclic amines) is 1.